The molecule has 0 saturated carbocycles. The third-order valence-electron chi connectivity index (χ3n) is 1.67. The van der Waals surface area contributed by atoms with Crippen molar-refractivity contribution in [2.24, 2.45) is 0 Å². The minimum Gasteiger partial charge on any atom is -0.383 e. The zero-order valence-electron chi connectivity index (χ0n) is 7.00. The van der Waals surface area contributed by atoms with E-state index in [0.29, 0.717) is 13.2 Å². The van der Waals surface area contributed by atoms with E-state index in [0.717, 1.165) is 0 Å². The average Bonchev–Trinajstić information content (AvgIpc) is 2.04. The Morgan fingerprint density at radius 2 is 2.00 bits per heavy atom. The van der Waals surface area contributed by atoms with Crippen LogP contribution in [0.1, 0.15) is 0 Å². The predicted molar refractivity (Wildman–Crippen MR) is 41.5 cm³/mol. The fourth-order valence-corrected chi connectivity index (χ4v) is 1.04. The molecule has 12 heavy (non-hydrogen) atoms. The Morgan fingerprint density at radius 3 is 2.50 bits per heavy atom. The quantitative estimate of drug-likeness (QED) is 0.531. The smallest absolute Gasteiger partial charge is 0.243 e. The standard InChI is InChI=1S/C7H12N2O3/c1-12-3-2-9-6(10)4-8-5-7(9)11/h8H,2-5H2,1H3. The van der Waals surface area contributed by atoms with E-state index in [2.05, 4.69) is 5.32 Å². The number of carbonyl (C=O) groups is 2. The van der Waals surface area contributed by atoms with Gasteiger partial charge in [-0.05, 0) is 0 Å². The van der Waals surface area contributed by atoms with Gasteiger partial charge in [0.05, 0.1) is 26.2 Å². The number of hydrogen-bond donors (Lipinski definition) is 1. The molecule has 2 amide bonds. The van der Waals surface area contributed by atoms with Crippen LogP contribution in [0.2, 0.25) is 0 Å². The summed E-state index contributed by atoms with van der Waals surface area (Å²) < 4.78 is 4.77. The molecule has 0 unspecified atom stereocenters. The van der Waals surface area contributed by atoms with Crippen molar-refractivity contribution in [3.8, 4) is 0 Å². The molecule has 1 aliphatic heterocycles. The Bertz CT molecular complexity index is 177. The molecular formula is C7H12N2O3. The fraction of sp³-hybridized carbons (Fsp3) is 0.714. The molecule has 5 nitrogen and oxygen atoms in total. The SMILES string of the molecule is COCCN1C(=O)CNCC1=O. The van der Waals surface area contributed by atoms with Crippen molar-refractivity contribution >= 4 is 11.8 Å². The zero-order chi connectivity index (χ0) is 8.97. The lowest BCUT2D eigenvalue weighted by molar-refractivity contribution is -0.147. The van der Waals surface area contributed by atoms with Crippen LogP contribution in [0.15, 0.2) is 0 Å². The van der Waals surface area contributed by atoms with E-state index < -0.39 is 0 Å². The Hall–Kier alpha value is -0.940. The molecule has 0 atom stereocenters. The molecule has 1 aliphatic rings. The number of nitrogens with one attached hydrogen (secondary N) is 1. The Morgan fingerprint density at radius 1 is 1.42 bits per heavy atom. The first-order valence-electron chi connectivity index (χ1n) is 3.78. The highest BCUT2D eigenvalue weighted by atomic mass is 16.5. The van der Waals surface area contributed by atoms with Gasteiger partial charge in [0.25, 0.3) is 0 Å². The second kappa shape index (κ2) is 4.18. The first kappa shape index (κ1) is 9.15. The summed E-state index contributed by atoms with van der Waals surface area (Å²) in [6, 6.07) is 0. The predicted octanol–water partition coefficient (Wildman–Crippen LogP) is -1.41. The second-order valence-electron chi connectivity index (χ2n) is 2.54. The van der Waals surface area contributed by atoms with Crippen LogP contribution in [-0.2, 0) is 14.3 Å². The number of ether oxygens (including phenoxy) is 1. The van der Waals surface area contributed by atoms with E-state index in [1.165, 1.54) is 12.0 Å². The van der Waals surface area contributed by atoms with Crippen molar-refractivity contribution in [2.75, 3.05) is 33.4 Å². The highest BCUT2D eigenvalue weighted by molar-refractivity contribution is 5.99. The minimum absolute atomic E-state index is 0.177. The molecule has 0 aromatic rings. The largest absolute Gasteiger partial charge is 0.383 e. The third kappa shape index (κ3) is 2.02. The molecule has 1 rings (SSSR count). The van der Waals surface area contributed by atoms with E-state index in [4.69, 9.17) is 4.74 Å². The maximum atomic E-state index is 11.1. The fourth-order valence-electron chi connectivity index (χ4n) is 1.04. The highest BCUT2D eigenvalue weighted by Crippen LogP contribution is 1.95. The third-order valence-corrected chi connectivity index (χ3v) is 1.67. The first-order valence-corrected chi connectivity index (χ1v) is 3.78. The minimum atomic E-state index is -0.177. The maximum absolute atomic E-state index is 11.1. The summed E-state index contributed by atoms with van der Waals surface area (Å²) in [6.07, 6.45) is 0. The molecular weight excluding hydrogens is 160 g/mol. The normalized spacial score (nSPS) is 18.6. The van der Waals surface area contributed by atoms with Gasteiger partial charge in [0.15, 0.2) is 0 Å². The molecule has 5 heteroatoms. The number of carbonyl (C=O) groups excluding carboxylic acids is 2. The average molecular weight is 172 g/mol. The van der Waals surface area contributed by atoms with Crippen molar-refractivity contribution in [3.63, 3.8) is 0 Å². The summed E-state index contributed by atoms with van der Waals surface area (Å²) >= 11 is 0. The van der Waals surface area contributed by atoms with Gasteiger partial charge in [0.1, 0.15) is 0 Å². The number of hydrogen-bond acceptors (Lipinski definition) is 4. The van der Waals surface area contributed by atoms with Gasteiger partial charge in [-0.3, -0.25) is 19.8 Å². The lowest BCUT2D eigenvalue weighted by Gasteiger charge is -2.24. The van der Waals surface area contributed by atoms with Crippen molar-refractivity contribution in [2.45, 2.75) is 0 Å². The van der Waals surface area contributed by atoms with E-state index in [-0.39, 0.29) is 24.9 Å². The lowest BCUT2D eigenvalue weighted by Crippen LogP contribution is -2.52. The molecule has 0 spiro atoms. The van der Waals surface area contributed by atoms with Crippen LogP contribution < -0.4 is 5.32 Å². The van der Waals surface area contributed by atoms with E-state index in [1.807, 2.05) is 0 Å². The van der Waals surface area contributed by atoms with Gasteiger partial charge < -0.3 is 4.74 Å². The summed E-state index contributed by atoms with van der Waals surface area (Å²) in [6.45, 7) is 1.25. The molecule has 1 heterocycles. The topological polar surface area (TPSA) is 58.6 Å². The van der Waals surface area contributed by atoms with Crippen LogP contribution >= 0.6 is 0 Å². The van der Waals surface area contributed by atoms with Gasteiger partial charge in [0, 0.05) is 7.11 Å². The van der Waals surface area contributed by atoms with Crippen LogP contribution in [-0.4, -0.2) is 50.1 Å². The van der Waals surface area contributed by atoms with Crippen molar-refractivity contribution in [1.29, 1.82) is 0 Å². The van der Waals surface area contributed by atoms with Gasteiger partial charge in [-0.15, -0.1) is 0 Å². The molecule has 1 N–H and O–H groups in total. The number of rotatable bonds is 3. The van der Waals surface area contributed by atoms with Crippen LogP contribution in [0.25, 0.3) is 0 Å². The Labute approximate surface area is 70.7 Å². The monoisotopic (exact) mass is 172 g/mol. The van der Waals surface area contributed by atoms with Gasteiger partial charge in [-0.2, -0.15) is 0 Å². The summed E-state index contributed by atoms with van der Waals surface area (Å²) in [4.78, 5) is 23.4. The summed E-state index contributed by atoms with van der Waals surface area (Å²) in [5.41, 5.74) is 0. The summed E-state index contributed by atoms with van der Waals surface area (Å²) in [5.74, 6) is -0.355. The number of imide groups is 1. The molecule has 0 bridgehead atoms. The Kier molecular flexibility index (Phi) is 3.19. The number of methoxy groups -OCH3 is 1. The molecule has 0 aliphatic carbocycles. The van der Waals surface area contributed by atoms with Crippen LogP contribution in [0, 0.1) is 0 Å². The van der Waals surface area contributed by atoms with Crippen LogP contribution in [0.3, 0.4) is 0 Å². The molecule has 0 radical (unpaired) electrons. The van der Waals surface area contributed by atoms with Gasteiger partial charge in [0.2, 0.25) is 11.8 Å². The maximum Gasteiger partial charge on any atom is 0.243 e. The van der Waals surface area contributed by atoms with Gasteiger partial charge in [-0.25, -0.2) is 0 Å². The van der Waals surface area contributed by atoms with E-state index >= 15 is 0 Å². The van der Waals surface area contributed by atoms with E-state index in [1.54, 1.807) is 0 Å². The van der Waals surface area contributed by atoms with Crippen molar-refractivity contribution in [1.82, 2.24) is 10.2 Å². The molecule has 0 aromatic heterocycles. The highest BCUT2D eigenvalue weighted by Gasteiger charge is 2.24. The van der Waals surface area contributed by atoms with Gasteiger partial charge >= 0.3 is 0 Å². The van der Waals surface area contributed by atoms with E-state index in [9.17, 15) is 9.59 Å². The first-order chi connectivity index (χ1) is 5.75. The van der Waals surface area contributed by atoms with Crippen LogP contribution in [0.5, 0.6) is 0 Å². The lowest BCUT2D eigenvalue weighted by atomic mass is 10.3. The van der Waals surface area contributed by atoms with Crippen molar-refractivity contribution < 1.29 is 14.3 Å². The molecule has 68 valence electrons. The van der Waals surface area contributed by atoms with Crippen molar-refractivity contribution in [3.05, 3.63) is 0 Å². The summed E-state index contributed by atoms with van der Waals surface area (Å²) in [5, 5.41) is 2.71. The Balaban J connectivity index is 2.45. The number of amides is 2. The van der Waals surface area contributed by atoms with Crippen LogP contribution in [0.4, 0.5) is 0 Å². The van der Waals surface area contributed by atoms with Gasteiger partial charge in [-0.1, -0.05) is 0 Å². The number of piperazine rings is 1. The summed E-state index contributed by atoms with van der Waals surface area (Å²) in [7, 11) is 1.54. The molecule has 1 fully saturated rings. The zero-order valence-corrected chi connectivity index (χ0v) is 7.00. The second-order valence-corrected chi connectivity index (χ2v) is 2.54. The number of nitrogens with zero attached hydrogens (tertiary/aromatic N) is 1. The molecule has 1 saturated heterocycles. The molecule has 0 aromatic carbocycles.